The van der Waals surface area contributed by atoms with E-state index in [4.69, 9.17) is 14.8 Å². The molecule has 1 aromatic carbocycles. The molecule has 1 N–H and O–H groups in total. The standard InChI is InChI=1S/C24H31NO4/c1-17(15-21(26)18-9-5-4-6-10-18)25-16-20-19(22-13-14-23(20)29-22)11-7-2-3-8-12-24(27)28/h2,4-7,9-10,19-20,22-23H,3,8,11-16H2,1H3,(H,27,28)/t19-,20+,22-,23+/m0/s1. The van der Waals surface area contributed by atoms with Gasteiger partial charge in [-0.2, -0.15) is 0 Å². The van der Waals surface area contributed by atoms with Crippen molar-refractivity contribution in [3.8, 4) is 0 Å². The normalized spacial score (nSPS) is 26.3. The minimum Gasteiger partial charge on any atom is -0.481 e. The third-order valence-electron chi connectivity index (χ3n) is 6.01. The van der Waals surface area contributed by atoms with Gasteiger partial charge in [-0.25, -0.2) is 0 Å². The fraction of sp³-hybridized carbons (Fsp3) is 0.542. The Morgan fingerprint density at radius 3 is 2.59 bits per heavy atom. The predicted octanol–water partition coefficient (Wildman–Crippen LogP) is 4.72. The quantitative estimate of drug-likeness (QED) is 0.254. The zero-order valence-corrected chi connectivity index (χ0v) is 17.1. The van der Waals surface area contributed by atoms with Gasteiger partial charge in [0.1, 0.15) is 0 Å². The monoisotopic (exact) mass is 397 g/mol. The first-order valence-electron chi connectivity index (χ1n) is 10.6. The summed E-state index contributed by atoms with van der Waals surface area (Å²) >= 11 is 0. The molecular formula is C24H31NO4. The van der Waals surface area contributed by atoms with Crippen molar-refractivity contribution in [2.24, 2.45) is 16.8 Å². The molecule has 0 unspecified atom stereocenters. The number of carbonyl (C=O) groups is 2. The van der Waals surface area contributed by atoms with Crippen LogP contribution in [0.5, 0.6) is 0 Å². The zero-order chi connectivity index (χ0) is 20.6. The van der Waals surface area contributed by atoms with Crippen molar-refractivity contribution in [3.05, 3.63) is 48.0 Å². The van der Waals surface area contributed by atoms with E-state index in [2.05, 4.69) is 12.2 Å². The summed E-state index contributed by atoms with van der Waals surface area (Å²) in [5.74, 6) is 0.237. The molecule has 0 saturated carbocycles. The summed E-state index contributed by atoms with van der Waals surface area (Å²) in [6, 6.07) is 9.36. The average molecular weight is 398 g/mol. The van der Waals surface area contributed by atoms with Crippen LogP contribution in [-0.2, 0) is 9.53 Å². The van der Waals surface area contributed by atoms with Crippen LogP contribution in [0, 0.1) is 11.8 Å². The summed E-state index contributed by atoms with van der Waals surface area (Å²) in [7, 11) is 0. The molecule has 0 radical (unpaired) electrons. The molecule has 0 spiro atoms. The molecule has 1 aromatic rings. The summed E-state index contributed by atoms with van der Waals surface area (Å²) in [5.41, 5.74) is 1.61. The Morgan fingerprint density at radius 2 is 1.86 bits per heavy atom. The molecule has 156 valence electrons. The number of allylic oxidation sites excluding steroid dienone is 2. The molecule has 2 fully saturated rings. The van der Waals surface area contributed by atoms with Gasteiger partial charge in [0.15, 0.2) is 5.78 Å². The Morgan fingerprint density at radius 1 is 1.14 bits per heavy atom. The SMILES string of the molecule is CC(CC(=O)c1ccccc1)=NC[C@@H]1[C@H](CC=CCCCC(=O)O)[C@@H]2CC[C@H]1O2. The number of unbranched alkanes of at least 4 members (excludes halogenated alkanes) is 1. The summed E-state index contributed by atoms with van der Waals surface area (Å²) in [6.07, 6.45) is 10.1. The van der Waals surface area contributed by atoms with Crippen molar-refractivity contribution in [2.45, 2.75) is 64.1 Å². The van der Waals surface area contributed by atoms with E-state index in [1.54, 1.807) is 0 Å². The highest BCUT2D eigenvalue weighted by Crippen LogP contribution is 2.45. The maximum absolute atomic E-state index is 12.4. The van der Waals surface area contributed by atoms with Gasteiger partial charge in [-0.15, -0.1) is 0 Å². The van der Waals surface area contributed by atoms with Gasteiger partial charge in [0.2, 0.25) is 0 Å². The highest BCUT2D eigenvalue weighted by molar-refractivity contribution is 6.08. The largest absolute Gasteiger partial charge is 0.481 e. The number of hydrogen-bond donors (Lipinski definition) is 1. The Kier molecular flexibility index (Phi) is 7.76. The molecule has 0 aliphatic carbocycles. The third kappa shape index (κ3) is 6.10. The maximum Gasteiger partial charge on any atom is 0.303 e. The van der Waals surface area contributed by atoms with Crippen molar-refractivity contribution in [3.63, 3.8) is 0 Å². The highest BCUT2D eigenvalue weighted by Gasteiger charge is 2.47. The van der Waals surface area contributed by atoms with E-state index in [1.165, 1.54) is 0 Å². The fourth-order valence-corrected chi connectivity index (χ4v) is 4.47. The predicted molar refractivity (Wildman–Crippen MR) is 113 cm³/mol. The van der Waals surface area contributed by atoms with Crippen LogP contribution in [0.3, 0.4) is 0 Å². The maximum atomic E-state index is 12.4. The van der Waals surface area contributed by atoms with Gasteiger partial charge in [0.05, 0.1) is 12.2 Å². The second-order valence-corrected chi connectivity index (χ2v) is 8.15. The summed E-state index contributed by atoms with van der Waals surface area (Å²) in [4.78, 5) is 27.7. The molecule has 2 bridgehead atoms. The highest BCUT2D eigenvalue weighted by atomic mass is 16.5. The van der Waals surface area contributed by atoms with Crippen LogP contribution in [0.1, 0.15) is 62.2 Å². The van der Waals surface area contributed by atoms with Gasteiger partial charge in [0, 0.05) is 36.6 Å². The van der Waals surface area contributed by atoms with Crippen LogP contribution in [0.4, 0.5) is 0 Å². The molecule has 5 nitrogen and oxygen atoms in total. The smallest absolute Gasteiger partial charge is 0.303 e. The number of nitrogens with zero attached hydrogens (tertiary/aromatic N) is 1. The Balaban J connectivity index is 1.50. The molecule has 2 aliphatic heterocycles. The van der Waals surface area contributed by atoms with Gasteiger partial charge in [-0.05, 0) is 44.9 Å². The van der Waals surface area contributed by atoms with E-state index in [0.29, 0.717) is 37.3 Å². The summed E-state index contributed by atoms with van der Waals surface area (Å²) < 4.78 is 6.14. The topological polar surface area (TPSA) is 76.0 Å². The number of hydrogen-bond acceptors (Lipinski definition) is 4. The first-order valence-corrected chi connectivity index (χ1v) is 10.6. The fourth-order valence-electron chi connectivity index (χ4n) is 4.47. The lowest BCUT2D eigenvalue weighted by Crippen LogP contribution is -2.29. The van der Waals surface area contributed by atoms with E-state index in [1.807, 2.05) is 37.3 Å². The zero-order valence-electron chi connectivity index (χ0n) is 17.1. The number of benzene rings is 1. The number of ether oxygens (including phenoxy) is 1. The lowest BCUT2D eigenvalue weighted by Gasteiger charge is -2.26. The van der Waals surface area contributed by atoms with E-state index < -0.39 is 5.97 Å². The number of carboxylic acid groups (broad SMARTS) is 1. The van der Waals surface area contributed by atoms with Gasteiger partial charge in [-0.3, -0.25) is 14.6 Å². The Hall–Kier alpha value is -2.27. The molecule has 0 amide bonds. The van der Waals surface area contributed by atoms with Gasteiger partial charge in [-0.1, -0.05) is 42.5 Å². The molecule has 2 aliphatic rings. The van der Waals surface area contributed by atoms with Crippen molar-refractivity contribution < 1.29 is 19.4 Å². The van der Waals surface area contributed by atoms with Gasteiger partial charge >= 0.3 is 5.97 Å². The first-order chi connectivity index (χ1) is 14.0. The van der Waals surface area contributed by atoms with Crippen LogP contribution in [-0.4, -0.2) is 41.3 Å². The van der Waals surface area contributed by atoms with Crippen molar-refractivity contribution in [1.29, 1.82) is 0 Å². The lowest BCUT2D eigenvalue weighted by atomic mass is 9.77. The minimum atomic E-state index is -0.737. The number of carboxylic acids is 1. The van der Waals surface area contributed by atoms with E-state index >= 15 is 0 Å². The second-order valence-electron chi connectivity index (χ2n) is 8.15. The van der Waals surface area contributed by atoms with Gasteiger partial charge in [0.25, 0.3) is 0 Å². The number of rotatable bonds is 11. The van der Waals surface area contributed by atoms with Crippen LogP contribution < -0.4 is 0 Å². The second kappa shape index (κ2) is 10.5. The number of carbonyl (C=O) groups excluding carboxylic acids is 1. The number of fused-ring (bicyclic) bond motifs is 2. The van der Waals surface area contributed by atoms with E-state index in [-0.39, 0.29) is 18.3 Å². The first kappa shape index (κ1) is 21.4. The average Bonchev–Trinajstić information content (AvgIpc) is 3.31. The Bertz CT molecular complexity index is 755. The number of aliphatic imine (C=N–C) groups is 1. The molecule has 2 saturated heterocycles. The van der Waals surface area contributed by atoms with E-state index in [9.17, 15) is 9.59 Å². The van der Waals surface area contributed by atoms with Gasteiger partial charge < -0.3 is 9.84 Å². The molecule has 29 heavy (non-hydrogen) atoms. The van der Waals surface area contributed by atoms with Crippen molar-refractivity contribution in [1.82, 2.24) is 0 Å². The third-order valence-corrected chi connectivity index (χ3v) is 6.01. The van der Waals surface area contributed by atoms with Crippen LogP contribution >= 0.6 is 0 Å². The van der Waals surface area contributed by atoms with Crippen LogP contribution in [0.25, 0.3) is 0 Å². The molecule has 0 aromatic heterocycles. The van der Waals surface area contributed by atoms with Crippen LogP contribution in [0.15, 0.2) is 47.5 Å². The molecule has 5 heteroatoms. The lowest BCUT2D eigenvalue weighted by molar-refractivity contribution is -0.137. The number of aliphatic carboxylic acids is 1. The van der Waals surface area contributed by atoms with Crippen LogP contribution in [0.2, 0.25) is 0 Å². The van der Waals surface area contributed by atoms with Crippen molar-refractivity contribution >= 4 is 17.5 Å². The summed E-state index contributed by atoms with van der Waals surface area (Å²) in [6.45, 7) is 2.65. The van der Waals surface area contributed by atoms with E-state index in [0.717, 1.165) is 37.0 Å². The molecule has 2 heterocycles. The minimum absolute atomic E-state index is 0.108. The molecular weight excluding hydrogens is 366 g/mol. The van der Waals surface area contributed by atoms with Crippen molar-refractivity contribution in [2.75, 3.05) is 6.54 Å². The number of Topliss-reactive ketones (excluding diaryl/α,β-unsaturated/α-hetero) is 1. The summed E-state index contributed by atoms with van der Waals surface area (Å²) in [5, 5.41) is 8.70. The molecule has 3 rings (SSSR count). The molecule has 4 atom stereocenters. The Labute approximate surface area is 172 Å². The number of ketones is 1.